The molecule has 0 bridgehead atoms. The van der Waals surface area contributed by atoms with Crippen molar-refractivity contribution in [2.75, 3.05) is 12.8 Å². The molecule has 2 aromatic heterocycles. The quantitative estimate of drug-likeness (QED) is 0.760. The molecule has 20 heavy (non-hydrogen) atoms. The van der Waals surface area contributed by atoms with Crippen LogP contribution in [0.3, 0.4) is 0 Å². The van der Waals surface area contributed by atoms with E-state index in [0.717, 1.165) is 29.1 Å². The van der Waals surface area contributed by atoms with E-state index in [1.54, 1.807) is 7.11 Å². The Kier molecular flexibility index (Phi) is 2.98. The summed E-state index contributed by atoms with van der Waals surface area (Å²) in [5, 5.41) is 0. The first-order valence-electron chi connectivity index (χ1n) is 6.36. The number of fused-ring (bicyclic) bond motifs is 1. The molecule has 0 aliphatic heterocycles. The Morgan fingerprint density at radius 1 is 1.30 bits per heavy atom. The molecule has 0 saturated heterocycles. The van der Waals surface area contributed by atoms with Crippen LogP contribution >= 0.6 is 0 Å². The Morgan fingerprint density at radius 3 is 2.85 bits per heavy atom. The summed E-state index contributed by atoms with van der Waals surface area (Å²) in [6.07, 6.45) is 2.30. The molecular formula is C14H15N5O. The van der Waals surface area contributed by atoms with E-state index in [1.807, 2.05) is 12.1 Å². The summed E-state index contributed by atoms with van der Waals surface area (Å²) in [5.41, 5.74) is 9.14. The van der Waals surface area contributed by atoms with Crippen LogP contribution in [0.2, 0.25) is 0 Å². The van der Waals surface area contributed by atoms with E-state index in [1.165, 1.54) is 6.33 Å². The number of aromatic nitrogens is 4. The van der Waals surface area contributed by atoms with Crippen molar-refractivity contribution in [1.82, 2.24) is 19.9 Å². The number of benzene rings is 1. The van der Waals surface area contributed by atoms with Crippen molar-refractivity contribution in [3.8, 4) is 17.1 Å². The van der Waals surface area contributed by atoms with Crippen LogP contribution in [0, 0.1) is 0 Å². The van der Waals surface area contributed by atoms with Gasteiger partial charge in [-0.05, 0) is 30.2 Å². The molecule has 0 atom stereocenters. The van der Waals surface area contributed by atoms with Crippen LogP contribution in [0.4, 0.5) is 5.82 Å². The lowest BCUT2D eigenvalue weighted by molar-refractivity contribution is 0.410. The number of methoxy groups -OCH3 is 1. The summed E-state index contributed by atoms with van der Waals surface area (Å²) < 4.78 is 5.33. The molecule has 0 aliphatic carbocycles. The molecule has 102 valence electrons. The van der Waals surface area contributed by atoms with Gasteiger partial charge in [-0.2, -0.15) is 0 Å². The van der Waals surface area contributed by atoms with Gasteiger partial charge in [-0.25, -0.2) is 15.0 Å². The van der Waals surface area contributed by atoms with E-state index in [9.17, 15) is 0 Å². The summed E-state index contributed by atoms with van der Waals surface area (Å²) in [6, 6.07) is 5.95. The van der Waals surface area contributed by atoms with Gasteiger partial charge in [0.05, 0.1) is 7.11 Å². The second-order valence-corrected chi connectivity index (χ2v) is 4.42. The van der Waals surface area contributed by atoms with E-state index >= 15 is 0 Å². The maximum absolute atomic E-state index is 5.81. The number of hydrogen-bond acceptors (Lipinski definition) is 5. The molecule has 0 fully saturated rings. The van der Waals surface area contributed by atoms with Crippen molar-refractivity contribution in [3.63, 3.8) is 0 Å². The van der Waals surface area contributed by atoms with Crippen molar-refractivity contribution in [2.24, 2.45) is 0 Å². The fourth-order valence-electron chi connectivity index (χ4n) is 2.19. The number of ether oxygens (including phenoxy) is 1. The molecule has 1 aromatic carbocycles. The minimum absolute atomic E-state index is 0.401. The molecule has 6 nitrogen and oxygen atoms in total. The molecule has 6 heteroatoms. The maximum atomic E-state index is 5.81. The molecule has 0 spiro atoms. The first-order valence-corrected chi connectivity index (χ1v) is 6.36. The standard InChI is InChI=1S/C14H15N5O/c1-3-8-6-9(4-5-10(8)20-2)13-18-11-12(15)16-7-17-14(11)19-13/h4-7H,3H2,1-2H3,(H3,15,16,17,18,19). The van der Waals surface area contributed by atoms with E-state index in [4.69, 9.17) is 10.5 Å². The average Bonchev–Trinajstić information content (AvgIpc) is 2.92. The zero-order chi connectivity index (χ0) is 14.1. The van der Waals surface area contributed by atoms with E-state index < -0.39 is 0 Å². The summed E-state index contributed by atoms with van der Waals surface area (Å²) >= 11 is 0. The minimum Gasteiger partial charge on any atom is -0.496 e. The van der Waals surface area contributed by atoms with Gasteiger partial charge in [-0.15, -0.1) is 0 Å². The third kappa shape index (κ3) is 1.95. The van der Waals surface area contributed by atoms with Gasteiger partial charge >= 0.3 is 0 Å². The van der Waals surface area contributed by atoms with Gasteiger partial charge in [-0.1, -0.05) is 6.92 Å². The van der Waals surface area contributed by atoms with Gasteiger partial charge in [0.25, 0.3) is 0 Å². The average molecular weight is 269 g/mol. The van der Waals surface area contributed by atoms with Gasteiger partial charge in [0.15, 0.2) is 11.5 Å². The Bertz CT molecular complexity index is 765. The van der Waals surface area contributed by atoms with Crippen LogP contribution in [0.15, 0.2) is 24.5 Å². The van der Waals surface area contributed by atoms with Crippen LogP contribution in [-0.2, 0) is 6.42 Å². The Morgan fingerprint density at radius 2 is 2.15 bits per heavy atom. The molecule has 0 amide bonds. The SMILES string of the molecule is CCc1cc(-c2nc3ncnc(N)c3[nH]2)ccc1OC. The molecule has 3 rings (SSSR count). The Hall–Kier alpha value is -2.63. The highest BCUT2D eigenvalue weighted by Gasteiger charge is 2.11. The maximum Gasteiger partial charge on any atom is 0.183 e. The Labute approximate surface area is 116 Å². The van der Waals surface area contributed by atoms with Gasteiger partial charge in [0, 0.05) is 5.56 Å². The number of nitrogens with one attached hydrogen (secondary N) is 1. The van der Waals surface area contributed by atoms with Crippen LogP contribution in [0.5, 0.6) is 5.75 Å². The number of H-pyrrole nitrogens is 1. The van der Waals surface area contributed by atoms with E-state index in [2.05, 4.69) is 32.9 Å². The summed E-state index contributed by atoms with van der Waals surface area (Å²) in [4.78, 5) is 15.7. The van der Waals surface area contributed by atoms with E-state index in [-0.39, 0.29) is 0 Å². The molecule has 2 heterocycles. The summed E-state index contributed by atoms with van der Waals surface area (Å²) in [7, 11) is 1.67. The number of imidazole rings is 1. The zero-order valence-corrected chi connectivity index (χ0v) is 11.3. The smallest absolute Gasteiger partial charge is 0.183 e. The topological polar surface area (TPSA) is 89.7 Å². The third-order valence-electron chi connectivity index (χ3n) is 3.25. The van der Waals surface area contributed by atoms with Crippen molar-refractivity contribution in [1.29, 1.82) is 0 Å². The third-order valence-corrected chi connectivity index (χ3v) is 3.25. The highest BCUT2D eigenvalue weighted by Crippen LogP contribution is 2.27. The monoisotopic (exact) mass is 269 g/mol. The number of nitrogens with two attached hydrogens (primary N) is 1. The number of nitrogens with zero attached hydrogens (tertiary/aromatic N) is 3. The van der Waals surface area contributed by atoms with Crippen molar-refractivity contribution in [2.45, 2.75) is 13.3 Å². The Balaban J connectivity index is 2.13. The second-order valence-electron chi connectivity index (χ2n) is 4.42. The number of aromatic amines is 1. The number of nitrogen functional groups attached to an aromatic ring is 1. The van der Waals surface area contributed by atoms with Crippen molar-refractivity contribution >= 4 is 17.0 Å². The van der Waals surface area contributed by atoms with Gasteiger partial charge < -0.3 is 15.5 Å². The van der Waals surface area contributed by atoms with Crippen LogP contribution < -0.4 is 10.5 Å². The predicted molar refractivity (Wildman–Crippen MR) is 77.5 cm³/mol. The molecular weight excluding hydrogens is 254 g/mol. The fourth-order valence-corrected chi connectivity index (χ4v) is 2.19. The number of rotatable bonds is 3. The first kappa shape index (κ1) is 12.4. The van der Waals surface area contributed by atoms with Gasteiger partial charge in [0.2, 0.25) is 0 Å². The summed E-state index contributed by atoms with van der Waals surface area (Å²) in [5.74, 6) is 2.01. The second kappa shape index (κ2) is 4.80. The molecule has 0 saturated carbocycles. The minimum atomic E-state index is 0.401. The normalized spacial score (nSPS) is 10.9. The van der Waals surface area contributed by atoms with E-state index in [0.29, 0.717) is 17.0 Å². The predicted octanol–water partition coefficient (Wildman–Crippen LogP) is 2.17. The van der Waals surface area contributed by atoms with Gasteiger partial charge in [0.1, 0.15) is 23.4 Å². The highest BCUT2D eigenvalue weighted by atomic mass is 16.5. The lowest BCUT2D eigenvalue weighted by atomic mass is 10.1. The number of aryl methyl sites for hydroxylation is 1. The van der Waals surface area contributed by atoms with Crippen LogP contribution in [0.1, 0.15) is 12.5 Å². The lowest BCUT2D eigenvalue weighted by Crippen LogP contribution is -1.92. The molecule has 3 N–H and O–H groups in total. The molecule has 0 aliphatic rings. The highest BCUT2D eigenvalue weighted by molar-refractivity contribution is 5.84. The van der Waals surface area contributed by atoms with Crippen LogP contribution in [-0.4, -0.2) is 27.0 Å². The molecule has 3 aromatic rings. The largest absolute Gasteiger partial charge is 0.496 e. The summed E-state index contributed by atoms with van der Waals surface area (Å²) in [6.45, 7) is 2.09. The number of anilines is 1. The van der Waals surface area contributed by atoms with Gasteiger partial charge in [-0.3, -0.25) is 0 Å². The fraction of sp³-hybridized carbons (Fsp3) is 0.214. The lowest BCUT2D eigenvalue weighted by Gasteiger charge is -2.07. The number of hydrogen-bond donors (Lipinski definition) is 2. The van der Waals surface area contributed by atoms with Crippen molar-refractivity contribution < 1.29 is 4.74 Å². The van der Waals surface area contributed by atoms with Crippen LogP contribution in [0.25, 0.3) is 22.6 Å². The zero-order valence-electron chi connectivity index (χ0n) is 11.3. The molecule has 0 unspecified atom stereocenters. The van der Waals surface area contributed by atoms with Crippen molar-refractivity contribution in [3.05, 3.63) is 30.1 Å². The first-order chi connectivity index (χ1) is 9.72. The molecule has 0 radical (unpaired) electrons.